The summed E-state index contributed by atoms with van der Waals surface area (Å²) >= 11 is 0. The van der Waals surface area contributed by atoms with Gasteiger partial charge in [0.15, 0.2) is 0 Å². The lowest BCUT2D eigenvalue weighted by Crippen LogP contribution is -2.52. The van der Waals surface area contributed by atoms with Crippen molar-refractivity contribution in [1.29, 1.82) is 0 Å². The summed E-state index contributed by atoms with van der Waals surface area (Å²) in [7, 11) is 0. The number of aromatic nitrogens is 3. The summed E-state index contributed by atoms with van der Waals surface area (Å²) in [4.78, 5) is 38.9. The molecule has 0 aromatic carbocycles. The molecule has 190 valence electrons. The number of anilines is 1. The van der Waals surface area contributed by atoms with E-state index in [-0.39, 0.29) is 11.3 Å². The molecule has 1 spiro atoms. The van der Waals surface area contributed by atoms with Gasteiger partial charge in [-0.15, -0.1) is 0 Å². The summed E-state index contributed by atoms with van der Waals surface area (Å²) in [5.74, 6) is -1.80. The number of amides is 1. The summed E-state index contributed by atoms with van der Waals surface area (Å²) in [6, 6.07) is 5.77. The van der Waals surface area contributed by atoms with Crippen LogP contribution in [0, 0.1) is 5.41 Å². The molecule has 2 aromatic rings. The van der Waals surface area contributed by atoms with E-state index in [0.717, 1.165) is 57.0 Å². The Bertz CT molecular complexity index is 965. The minimum absolute atomic E-state index is 0.0576. The van der Waals surface area contributed by atoms with Gasteiger partial charge < -0.3 is 19.6 Å². The van der Waals surface area contributed by atoms with Gasteiger partial charge in [0.05, 0.1) is 13.2 Å². The van der Waals surface area contributed by atoms with Gasteiger partial charge in [0.2, 0.25) is 11.9 Å². The lowest BCUT2D eigenvalue weighted by atomic mass is 9.80. The molecule has 35 heavy (non-hydrogen) atoms. The number of nitrogens with zero attached hydrogens (tertiary/aromatic N) is 5. The Morgan fingerprint density at radius 3 is 2.51 bits per heavy atom. The van der Waals surface area contributed by atoms with E-state index in [2.05, 4.69) is 19.9 Å². The first-order valence-electron chi connectivity index (χ1n) is 11.3. The number of rotatable bonds is 4. The number of aliphatic carboxylic acids is 1. The quantitative estimate of drug-likeness (QED) is 0.690. The van der Waals surface area contributed by atoms with Crippen LogP contribution in [0.3, 0.4) is 0 Å². The van der Waals surface area contributed by atoms with Crippen molar-refractivity contribution in [3.05, 3.63) is 48.5 Å². The summed E-state index contributed by atoms with van der Waals surface area (Å²) < 4.78 is 37.7. The van der Waals surface area contributed by atoms with Gasteiger partial charge in [-0.25, -0.2) is 14.8 Å². The first-order valence-corrected chi connectivity index (χ1v) is 11.3. The van der Waals surface area contributed by atoms with Gasteiger partial charge in [-0.1, -0.05) is 6.07 Å². The van der Waals surface area contributed by atoms with Gasteiger partial charge >= 0.3 is 12.1 Å². The van der Waals surface area contributed by atoms with E-state index in [1.165, 1.54) is 0 Å². The van der Waals surface area contributed by atoms with E-state index in [4.69, 9.17) is 14.6 Å². The molecule has 12 heteroatoms. The fourth-order valence-electron chi connectivity index (χ4n) is 4.24. The van der Waals surface area contributed by atoms with Crippen LogP contribution in [0.1, 0.15) is 24.8 Å². The maximum absolute atomic E-state index is 12.9. The summed E-state index contributed by atoms with van der Waals surface area (Å²) in [6.45, 7) is 4.51. The van der Waals surface area contributed by atoms with Crippen molar-refractivity contribution >= 4 is 17.8 Å². The first-order chi connectivity index (χ1) is 16.7. The summed E-state index contributed by atoms with van der Waals surface area (Å²) in [5, 5.41) is 7.12. The number of hydrogen-bond donors (Lipinski definition) is 1. The fraction of sp³-hybridized carbons (Fsp3) is 0.522. The van der Waals surface area contributed by atoms with E-state index < -0.39 is 12.1 Å². The molecule has 2 aliphatic rings. The van der Waals surface area contributed by atoms with Crippen LogP contribution in [0.15, 0.2) is 43.0 Å². The van der Waals surface area contributed by atoms with E-state index in [9.17, 15) is 18.0 Å². The minimum Gasteiger partial charge on any atom is -0.475 e. The Hall–Kier alpha value is -3.28. The molecule has 4 rings (SSSR count). The third-order valence-electron chi connectivity index (χ3n) is 5.88. The van der Waals surface area contributed by atoms with Gasteiger partial charge in [0, 0.05) is 62.8 Å². The first kappa shape index (κ1) is 26.3. The predicted molar refractivity (Wildman–Crippen MR) is 120 cm³/mol. The average Bonchev–Trinajstić information content (AvgIpc) is 3.06. The molecule has 0 saturated carbocycles. The zero-order valence-corrected chi connectivity index (χ0v) is 19.2. The Balaban J connectivity index is 0.000000429. The van der Waals surface area contributed by atoms with Gasteiger partial charge in [0.25, 0.3) is 0 Å². The van der Waals surface area contributed by atoms with Crippen LogP contribution in [0.4, 0.5) is 19.1 Å². The SMILES string of the molecule is O=C(CCc1cccnc1)N1CCCC2(COCCN(c3ncccn3)C2)C1.O=C(O)C(F)(F)F. The molecule has 0 radical (unpaired) electrons. The van der Waals surface area contributed by atoms with E-state index in [1.807, 2.05) is 29.3 Å². The highest BCUT2D eigenvalue weighted by Crippen LogP contribution is 2.34. The second-order valence-corrected chi connectivity index (χ2v) is 8.61. The largest absolute Gasteiger partial charge is 0.490 e. The zero-order valence-electron chi connectivity index (χ0n) is 19.2. The van der Waals surface area contributed by atoms with Crippen LogP contribution in [0.5, 0.6) is 0 Å². The number of aryl methyl sites for hydroxylation is 1. The molecule has 2 saturated heterocycles. The lowest BCUT2D eigenvalue weighted by Gasteiger charge is -2.43. The number of hydrogen-bond acceptors (Lipinski definition) is 7. The Morgan fingerprint density at radius 1 is 1.11 bits per heavy atom. The highest BCUT2D eigenvalue weighted by atomic mass is 19.4. The molecule has 1 N–H and O–H groups in total. The van der Waals surface area contributed by atoms with Crippen molar-refractivity contribution in [2.45, 2.75) is 31.9 Å². The van der Waals surface area contributed by atoms with Crippen LogP contribution >= 0.6 is 0 Å². The molecule has 2 fully saturated rings. The van der Waals surface area contributed by atoms with Crippen molar-refractivity contribution in [2.24, 2.45) is 5.41 Å². The monoisotopic (exact) mass is 495 g/mol. The molecule has 2 aliphatic heterocycles. The van der Waals surface area contributed by atoms with Crippen LogP contribution in [-0.4, -0.2) is 82.4 Å². The number of ether oxygens (including phenoxy) is 1. The van der Waals surface area contributed by atoms with Gasteiger partial charge in [-0.05, 0) is 37.0 Å². The van der Waals surface area contributed by atoms with E-state index >= 15 is 0 Å². The number of carbonyl (C=O) groups is 2. The average molecular weight is 496 g/mol. The molecular weight excluding hydrogens is 467 g/mol. The molecule has 0 aliphatic carbocycles. The van der Waals surface area contributed by atoms with Gasteiger partial charge in [0.1, 0.15) is 0 Å². The Morgan fingerprint density at radius 2 is 1.86 bits per heavy atom. The Kier molecular flexibility index (Phi) is 8.96. The smallest absolute Gasteiger partial charge is 0.475 e. The molecule has 9 nitrogen and oxygen atoms in total. The van der Waals surface area contributed by atoms with Crippen molar-refractivity contribution < 1.29 is 32.6 Å². The molecular formula is C23H28F3N5O4. The molecule has 1 unspecified atom stereocenters. The maximum Gasteiger partial charge on any atom is 0.490 e. The highest BCUT2D eigenvalue weighted by Gasteiger charge is 2.41. The third-order valence-corrected chi connectivity index (χ3v) is 5.88. The van der Waals surface area contributed by atoms with Gasteiger partial charge in [-0.3, -0.25) is 9.78 Å². The second-order valence-electron chi connectivity index (χ2n) is 8.61. The third kappa shape index (κ3) is 7.88. The standard InChI is InChI=1S/C21H27N5O2.C2HF3O2/c27-19(6-5-18-4-1-8-22-14-18)25-11-2-7-21(15-25)16-26(12-13-28-17-21)20-23-9-3-10-24-20;3-2(4,5)1(6)7/h1,3-4,8-10,14H,2,5-7,11-13,15-17H2;(H,6,7). The van der Waals surface area contributed by atoms with E-state index in [0.29, 0.717) is 19.6 Å². The van der Waals surface area contributed by atoms with Crippen LogP contribution in [0.25, 0.3) is 0 Å². The number of pyridine rings is 1. The zero-order chi connectivity index (χ0) is 25.3. The van der Waals surface area contributed by atoms with Crippen molar-refractivity contribution in [1.82, 2.24) is 19.9 Å². The molecule has 1 amide bonds. The lowest BCUT2D eigenvalue weighted by molar-refractivity contribution is -0.192. The second kappa shape index (κ2) is 11.9. The number of carboxylic acid groups (broad SMARTS) is 1. The Labute approximate surface area is 200 Å². The molecule has 4 heterocycles. The summed E-state index contributed by atoms with van der Waals surface area (Å²) in [6.07, 6.45) is 5.38. The normalized spacial score (nSPS) is 20.5. The van der Waals surface area contributed by atoms with Crippen LogP contribution < -0.4 is 4.90 Å². The number of piperidine rings is 1. The van der Waals surface area contributed by atoms with Crippen LogP contribution in [0.2, 0.25) is 0 Å². The number of alkyl halides is 3. The van der Waals surface area contributed by atoms with Crippen molar-refractivity contribution in [3.63, 3.8) is 0 Å². The number of carbonyl (C=O) groups excluding carboxylic acids is 1. The predicted octanol–water partition coefficient (Wildman–Crippen LogP) is 2.58. The molecule has 2 aromatic heterocycles. The number of carboxylic acids is 1. The van der Waals surface area contributed by atoms with E-state index in [1.54, 1.807) is 18.6 Å². The van der Waals surface area contributed by atoms with Crippen molar-refractivity contribution in [3.8, 4) is 0 Å². The van der Waals surface area contributed by atoms with Crippen LogP contribution in [-0.2, 0) is 20.7 Å². The number of likely N-dealkylation sites (tertiary alicyclic amines) is 1. The summed E-state index contributed by atoms with van der Waals surface area (Å²) in [5.41, 5.74) is 1.05. The minimum atomic E-state index is -5.08. The molecule has 0 bridgehead atoms. The van der Waals surface area contributed by atoms with Crippen molar-refractivity contribution in [2.75, 3.05) is 44.3 Å². The molecule has 1 atom stereocenters. The highest BCUT2D eigenvalue weighted by molar-refractivity contribution is 5.76. The number of halogens is 3. The maximum atomic E-state index is 12.9. The fourth-order valence-corrected chi connectivity index (χ4v) is 4.24. The van der Waals surface area contributed by atoms with Gasteiger partial charge in [-0.2, -0.15) is 13.2 Å². The topological polar surface area (TPSA) is 109 Å².